The maximum Gasteiger partial charge on any atom is 0.490 e. The molecule has 1 saturated heterocycles. The van der Waals surface area contributed by atoms with E-state index in [1.807, 2.05) is 13.8 Å². The van der Waals surface area contributed by atoms with Gasteiger partial charge in [-0.05, 0) is 19.9 Å². The molecular weight excluding hydrogens is 219 g/mol. The van der Waals surface area contributed by atoms with E-state index in [-0.39, 0.29) is 12.2 Å². The molecule has 0 amide bonds. The van der Waals surface area contributed by atoms with Crippen LogP contribution in [0, 0.1) is 0 Å². The molecule has 1 aliphatic heterocycles. The first kappa shape index (κ1) is 12.4. The predicted molar refractivity (Wildman–Crippen MR) is 66.3 cm³/mol. The lowest BCUT2D eigenvalue weighted by molar-refractivity contribution is -0.00545. The minimum absolute atomic E-state index is 0.184. The summed E-state index contributed by atoms with van der Waals surface area (Å²) >= 11 is 0. The zero-order valence-corrected chi connectivity index (χ0v) is 10.1. The first-order valence-corrected chi connectivity index (χ1v) is 5.78. The van der Waals surface area contributed by atoms with E-state index < -0.39 is 7.12 Å². The minimum Gasteiger partial charge on any atom is -0.423 e. The van der Waals surface area contributed by atoms with Crippen molar-refractivity contribution in [1.82, 2.24) is 4.98 Å². The Morgan fingerprint density at radius 3 is 2.41 bits per heavy atom. The summed E-state index contributed by atoms with van der Waals surface area (Å²) in [7, 11) is -1.46. The van der Waals surface area contributed by atoms with Crippen LogP contribution >= 0.6 is 0 Å². The second kappa shape index (κ2) is 5.04. The molecule has 17 heavy (non-hydrogen) atoms. The Morgan fingerprint density at radius 1 is 1.29 bits per heavy atom. The van der Waals surface area contributed by atoms with Gasteiger partial charge >= 0.3 is 7.12 Å². The molecule has 0 radical (unpaired) electrons. The van der Waals surface area contributed by atoms with Gasteiger partial charge in [-0.15, -0.1) is 0 Å². The summed E-state index contributed by atoms with van der Waals surface area (Å²) in [4.78, 5) is 6.39. The van der Waals surface area contributed by atoms with Crippen LogP contribution in [0.15, 0.2) is 18.3 Å². The molecule has 6 heteroatoms. The Kier molecular flexibility index (Phi) is 3.66. The van der Waals surface area contributed by atoms with Gasteiger partial charge in [-0.2, -0.15) is 0 Å². The van der Waals surface area contributed by atoms with Crippen molar-refractivity contribution in [3.05, 3.63) is 18.3 Å². The van der Waals surface area contributed by atoms with Gasteiger partial charge in [0.1, 0.15) is 5.82 Å². The number of nitrogens with zero attached hydrogens (tertiary/aromatic N) is 2. The van der Waals surface area contributed by atoms with Crippen LogP contribution in [0.4, 0.5) is 5.82 Å². The molecule has 5 nitrogen and oxygen atoms in total. The minimum atomic E-state index is -1.46. The van der Waals surface area contributed by atoms with Crippen molar-refractivity contribution < 1.29 is 14.8 Å². The van der Waals surface area contributed by atoms with Gasteiger partial charge < -0.3 is 19.7 Å². The van der Waals surface area contributed by atoms with Crippen molar-refractivity contribution in [2.24, 2.45) is 0 Å². The highest BCUT2D eigenvalue weighted by Crippen LogP contribution is 2.16. The molecule has 1 fully saturated rings. The number of hydrogen-bond acceptors (Lipinski definition) is 5. The van der Waals surface area contributed by atoms with E-state index in [0.29, 0.717) is 5.46 Å². The van der Waals surface area contributed by atoms with Gasteiger partial charge in [0.05, 0.1) is 12.2 Å². The quantitative estimate of drug-likeness (QED) is 0.669. The third-order valence-electron chi connectivity index (χ3n) is 2.81. The van der Waals surface area contributed by atoms with E-state index >= 15 is 0 Å². The summed E-state index contributed by atoms with van der Waals surface area (Å²) in [5.41, 5.74) is 0.406. The maximum atomic E-state index is 8.99. The van der Waals surface area contributed by atoms with Crippen LogP contribution in [0.25, 0.3) is 0 Å². The normalized spacial score (nSPS) is 24.8. The number of aromatic nitrogens is 1. The molecule has 1 aliphatic rings. The molecular formula is C11H17BN2O3. The van der Waals surface area contributed by atoms with E-state index in [1.54, 1.807) is 12.1 Å². The molecule has 0 aliphatic carbocycles. The van der Waals surface area contributed by atoms with Crippen molar-refractivity contribution in [1.29, 1.82) is 0 Å². The summed E-state index contributed by atoms with van der Waals surface area (Å²) in [5.74, 6) is 0.844. The molecule has 0 spiro atoms. The molecule has 0 saturated carbocycles. The van der Waals surface area contributed by atoms with Crippen LogP contribution in [0.1, 0.15) is 13.8 Å². The second-order valence-electron chi connectivity index (χ2n) is 4.49. The zero-order chi connectivity index (χ0) is 12.4. The first-order valence-electron chi connectivity index (χ1n) is 5.78. The first-order chi connectivity index (χ1) is 8.06. The maximum absolute atomic E-state index is 8.99. The van der Waals surface area contributed by atoms with E-state index in [1.165, 1.54) is 6.20 Å². The third-order valence-corrected chi connectivity index (χ3v) is 2.81. The number of rotatable bonds is 2. The highest BCUT2D eigenvalue weighted by Gasteiger charge is 2.23. The Hall–Kier alpha value is -1.11. The lowest BCUT2D eigenvalue weighted by Crippen LogP contribution is -2.46. The van der Waals surface area contributed by atoms with Gasteiger partial charge in [0.2, 0.25) is 0 Å². The average molecular weight is 236 g/mol. The Morgan fingerprint density at radius 2 is 1.94 bits per heavy atom. The van der Waals surface area contributed by atoms with Crippen molar-refractivity contribution >= 4 is 18.4 Å². The van der Waals surface area contributed by atoms with Crippen LogP contribution in [0.2, 0.25) is 0 Å². The largest absolute Gasteiger partial charge is 0.490 e. The number of morpholine rings is 1. The van der Waals surface area contributed by atoms with Gasteiger partial charge in [0.15, 0.2) is 0 Å². The monoisotopic (exact) mass is 236 g/mol. The molecule has 2 heterocycles. The van der Waals surface area contributed by atoms with Gasteiger partial charge in [-0.1, -0.05) is 6.07 Å². The highest BCUT2D eigenvalue weighted by atomic mass is 16.5. The summed E-state index contributed by atoms with van der Waals surface area (Å²) in [5, 5.41) is 18.0. The van der Waals surface area contributed by atoms with Gasteiger partial charge in [0, 0.05) is 24.7 Å². The van der Waals surface area contributed by atoms with Gasteiger partial charge in [-0.25, -0.2) is 4.98 Å². The number of pyridine rings is 1. The van der Waals surface area contributed by atoms with Gasteiger partial charge in [0.25, 0.3) is 0 Å². The molecule has 2 unspecified atom stereocenters. The van der Waals surface area contributed by atoms with E-state index in [0.717, 1.165) is 18.9 Å². The van der Waals surface area contributed by atoms with Crippen LogP contribution < -0.4 is 10.4 Å². The Labute approximate surface area is 101 Å². The smallest absolute Gasteiger partial charge is 0.423 e. The number of ether oxygens (including phenoxy) is 1. The van der Waals surface area contributed by atoms with Crippen LogP contribution in [0.5, 0.6) is 0 Å². The topological polar surface area (TPSA) is 65.8 Å². The van der Waals surface area contributed by atoms with Crippen LogP contribution in [-0.2, 0) is 4.74 Å². The molecule has 92 valence electrons. The fraction of sp³-hybridized carbons (Fsp3) is 0.545. The van der Waals surface area contributed by atoms with Crippen LogP contribution in [0.3, 0.4) is 0 Å². The molecule has 0 aromatic carbocycles. The molecule has 2 N–H and O–H groups in total. The summed E-state index contributed by atoms with van der Waals surface area (Å²) in [6.45, 7) is 5.68. The summed E-state index contributed by atoms with van der Waals surface area (Å²) in [6.07, 6.45) is 1.86. The Balaban J connectivity index is 2.11. The SMILES string of the molecule is CC1CN(c2ccc(B(O)O)cn2)CC(C)O1. The number of hydrogen-bond donors (Lipinski definition) is 2. The highest BCUT2D eigenvalue weighted by molar-refractivity contribution is 6.58. The third kappa shape index (κ3) is 2.97. The molecule has 1 aromatic rings. The molecule has 1 aromatic heterocycles. The Bertz CT molecular complexity index is 361. The van der Waals surface area contributed by atoms with Crippen LogP contribution in [-0.4, -0.2) is 47.4 Å². The van der Waals surface area contributed by atoms with E-state index in [4.69, 9.17) is 14.8 Å². The van der Waals surface area contributed by atoms with Gasteiger partial charge in [-0.3, -0.25) is 0 Å². The second-order valence-corrected chi connectivity index (χ2v) is 4.49. The predicted octanol–water partition coefficient (Wildman–Crippen LogP) is -0.625. The fourth-order valence-corrected chi connectivity index (χ4v) is 2.10. The standard InChI is InChI=1S/C11H17BN2O3/c1-8-6-14(7-9(2)17-8)11-4-3-10(5-13-11)12(15)16/h3-5,8-9,15-16H,6-7H2,1-2H3. The van der Waals surface area contributed by atoms with Crippen molar-refractivity contribution in [3.8, 4) is 0 Å². The zero-order valence-electron chi connectivity index (χ0n) is 10.1. The number of anilines is 1. The molecule has 0 bridgehead atoms. The molecule has 2 rings (SSSR count). The molecule has 2 atom stereocenters. The van der Waals surface area contributed by atoms with Crippen molar-refractivity contribution in [2.45, 2.75) is 26.1 Å². The fourth-order valence-electron chi connectivity index (χ4n) is 2.10. The van der Waals surface area contributed by atoms with E-state index in [2.05, 4.69) is 9.88 Å². The van der Waals surface area contributed by atoms with Crippen molar-refractivity contribution in [3.63, 3.8) is 0 Å². The summed E-state index contributed by atoms with van der Waals surface area (Å²) in [6, 6.07) is 3.48. The lowest BCUT2D eigenvalue weighted by Gasteiger charge is -2.36. The lowest BCUT2D eigenvalue weighted by atomic mass is 9.82. The summed E-state index contributed by atoms with van der Waals surface area (Å²) < 4.78 is 5.65. The van der Waals surface area contributed by atoms with E-state index in [9.17, 15) is 0 Å². The average Bonchev–Trinajstić information content (AvgIpc) is 2.28. The van der Waals surface area contributed by atoms with Crippen molar-refractivity contribution in [2.75, 3.05) is 18.0 Å².